The molecular weight excluding hydrogens is 419 g/mol. The Labute approximate surface area is 175 Å². The molecule has 2 aromatic carbocycles. The summed E-state index contributed by atoms with van der Waals surface area (Å²) in [7, 11) is -4.06. The summed E-state index contributed by atoms with van der Waals surface area (Å²) < 4.78 is 46.0. The Morgan fingerprint density at radius 1 is 1.10 bits per heavy atom. The molecule has 0 heterocycles. The van der Waals surface area contributed by atoms with Gasteiger partial charge in [0.25, 0.3) is 15.9 Å². The summed E-state index contributed by atoms with van der Waals surface area (Å²) in [6.07, 6.45) is 2.72. The van der Waals surface area contributed by atoms with Gasteiger partial charge in [-0.25, -0.2) is 12.8 Å². The van der Waals surface area contributed by atoms with E-state index in [0.29, 0.717) is 26.2 Å². The maximum atomic E-state index is 13.0. The van der Waals surface area contributed by atoms with Gasteiger partial charge < -0.3 is 10.1 Å². The highest BCUT2D eigenvalue weighted by Crippen LogP contribution is 2.25. The molecule has 9 heteroatoms. The number of hydrogen-bond acceptors (Lipinski definition) is 4. The Morgan fingerprint density at radius 3 is 2.48 bits per heavy atom. The topological polar surface area (TPSA) is 84.5 Å². The second-order valence-corrected chi connectivity index (χ2v) is 8.39. The molecule has 29 heavy (non-hydrogen) atoms. The minimum Gasteiger partial charge on any atom is -0.381 e. The number of ether oxygens (including phenoxy) is 1. The Kier molecular flexibility index (Phi) is 8.88. The van der Waals surface area contributed by atoms with Crippen molar-refractivity contribution >= 4 is 33.2 Å². The lowest BCUT2D eigenvalue weighted by Gasteiger charge is -2.11. The number of halogens is 2. The van der Waals surface area contributed by atoms with E-state index in [1.54, 1.807) is 0 Å². The first kappa shape index (κ1) is 23.1. The van der Waals surface area contributed by atoms with Crippen molar-refractivity contribution in [3.63, 3.8) is 0 Å². The molecule has 0 bridgehead atoms. The van der Waals surface area contributed by atoms with Gasteiger partial charge in [-0.05, 0) is 55.3 Å². The lowest BCUT2D eigenvalue weighted by molar-refractivity contribution is 0.0940. The zero-order valence-electron chi connectivity index (χ0n) is 16.1. The third-order valence-corrected chi connectivity index (χ3v) is 5.84. The maximum Gasteiger partial charge on any atom is 0.263 e. The van der Waals surface area contributed by atoms with Gasteiger partial charge in [0.05, 0.1) is 5.02 Å². The molecule has 0 aliphatic carbocycles. The Balaban J connectivity index is 2.00. The maximum absolute atomic E-state index is 13.0. The first-order valence-corrected chi connectivity index (χ1v) is 11.1. The van der Waals surface area contributed by atoms with Crippen LogP contribution < -0.4 is 10.0 Å². The van der Waals surface area contributed by atoms with Crippen molar-refractivity contribution in [1.29, 1.82) is 0 Å². The minimum atomic E-state index is -4.06. The average molecular weight is 443 g/mol. The molecule has 0 spiro atoms. The number of unbranched alkanes of at least 4 members (excludes halogenated alkanes) is 1. The molecule has 1 amide bonds. The van der Waals surface area contributed by atoms with Crippen molar-refractivity contribution in [2.45, 2.75) is 31.1 Å². The molecule has 2 N–H and O–H groups in total. The third kappa shape index (κ3) is 7.30. The quantitative estimate of drug-likeness (QED) is 0.510. The molecule has 0 aliphatic heterocycles. The molecule has 0 saturated carbocycles. The fraction of sp³-hybridized carbons (Fsp3) is 0.350. The second-order valence-electron chi connectivity index (χ2n) is 6.33. The number of rotatable bonds is 11. The predicted molar refractivity (Wildman–Crippen MR) is 111 cm³/mol. The average Bonchev–Trinajstić information content (AvgIpc) is 2.69. The Morgan fingerprint density at radius 2 is 1.79 bits per heavy atom. The van der Waals surface area contributed by atoms with Gasteiger partial charge in [0.15, 0.2) is 0 Å². The molecule has 0 aromatic heterocycles. The van der Waals surface area contributed by atoms with Crippen molar-refractivity contribution in [1.82, 2.24) is 5.32 Å². The van der Waals surface area contributed by atoms with Crippen LogP contribution in [0.3, 0.4) is 0 Å². The lowest BCUT2D eigenvalue weighted by atomic mass is 10.2. The molecule has 0 fully saturated rings. The summed E-state index contributed by atoms with van der Waals surface area (Å²) in [5.41, 5.74) is 0.348. The summed E-state index contributed by atoms with van der Waals surface area (Å²) >= 11 is 6.04. The largest absolute Gasteiger partial charge is 0.381 e. The molecule has 0 atom stereocenters. The zero-order chi connectivity index (χ0) is 21.3. The summed E-state index contributed by atoms with van der Waals surface area (Å²) in [6.45, 7) is 3.73. The van der Waals surface area contributed by atoms with Gasteiger partial charge in [0.1, 0.15) is 10.7 Å². The van der Waals surface area contributed by atoms with Crippen LogP contribution in [-0.4, -0.2) is 34.1 Å². The van der Waals surface area contributed by atoms with E-state index in [0.717, 1.165) is 25.0 Å². The van der Waals surface area contributed by atoms with Crippen LogP contribution in [0, 0.1) is 5.82 Å². The van der Waals surface area contributed by atoms with Crippen molar-refractivity contribution in [2.75, 3.05) is 24.5 Å². The van der Waals surface area contributed by atoms with E-state index in [4.69, 9.17) is 16.3 Å². The Hall–Kier alpha value is -2.16. The van der Waals surface area contributed by atoms with Crippen LogP contribution in [0.5, 0.6) is 0 Å². The van der Waals surface area contributed by atoms with Gasteiger partial charge >= 0.3 is 0 Å². The highest BCUT2D eigenvalue weighted by molar-refractivity contribution is 7.92. The monoisotopic (exact) mass is 442 g/mol. The summed E-state index contributed by atoms with van der Waals surface area (Å²) in [6, 6.07) is 8.86. The number of amides is 1. The number of hydrogen-bond donors (Lipinski definition) is 2. The van der Waals surface area contributed by atoms with Crippen molar-refractivity contribution < 1.29 is 22.3 Å². The number of nitrogens with one attached hydrogen (secondary N) is 2. The molecule has 0 saturated heterocycles. The van der Waals surface area contributed by atoms with Gasteiger partial charge in [0.2, 0.25) is 0 Å². The minimum absolute atomic E-state index is 0.0273. The van der Waals surface area contributed by atoms with Gasteiger partial charge in [0, 0.05) is 31.0 Å². The van der Waals surface area contributed by atoms with Crippen LogP contribution in [-0.2, 0) is 14.8 Å². The van der Waals surface area contributed by atoms with E-state index in [-0.39, 0.29) is 21.2 Å². The number of carbonyl (C=O) groups is 1. The van der Waals surface area contributed by atoms with E-state index in [9.17, 15) is 17.6 Å². The first-order chi connectivity index (χ1) is 13.8. The molecule has 2 rings (SSSR count). The number of anilines is 1. The smallest absolute Gasteiger partial charge is 0.263 e. The van der Waals surface area contributed by atoms with Gasteiger partial charge in [-0.3, -0.25) is 9.52 Å². The van der Waals surface area contributed by atoms with Crippen LogP contribution in [0.1, 0.15) is 36.5 Å². The molecule has 158 valence electrons. The van der Waals surface area contributed by atoms with E-state index >= 15 is 0 Å². The standard InChI is InChI=1S/C20H24ClFN2O4S/c1-2-3-12-28-13-4-11-23-20(25)15-5-10-18(21)19(14-15)29(26,27)24-17-8-6-16(22)7-9-17/h5-10,14,24H,2-4,11-13H2,1H3,(H,23,25). The van der Waals surface area contributed by atoms with E-state index in [2.05, 4.69) is 17.0 Å². The van der Waals surface area contributed by atoms with E-state index in [1.807, 2.05) is 0 Å². The summed E-state index contributed by atoms with van der Waals surface area (Å²) in [4.78, 5) is 12.1. The Bertz CT molecular complexity index is 921. The SMILES string of the molecule is CCCCOCCCNC(=O)c1ccc(Cl)c(S(=O)(=O)Nc2ccc(F)cc2)c1. The van der Waals surface area contributed by atoms with Crippen molar-refractivity contribution in [3.05, 3.63) is 58.9 Å². The van der Waals surface area contributed by atoms with Gasteiger partial charge in [-0.15, -0.1) is 0 Å². The van der Waals surface area contributed by atoms with E-state index < -0.39 is 21.7 Å². The predicted octanol–water partition coefficient (Wildman–Crippen LogP) is 4.22. The number of benzene rings is 2. The fourth-order valence-corrected chi connectivity index (χ4v) is 3.99. The zero-order valence-corrected chi connectivity index (χ0v) is 17.7. The number of sulfonamides is 1. The molecule has 0 unspecified atom stereocenters. The molecule has 0 aliphatic rings. The van der Waals surface area contributed by atoms with Crippen LogP contribution in [0.25, 0.3) is 0 Å². The van der Waals surface area contributed by atoms with Crippen LogP contribution in [0.4, 0.5) is 10.1 Å². The third-order valence-electron chi connectivity index (χ3n) is 3.97. The van der Waals surface area contributed by atoms with Crippen molar-refractivity contribution in [3.8, 4) is 0 Å². The van der Waals surface area contributed by atoms with Crippen LogP contribution in [0.15, 0.2) is 47.4 Å². The van der Waals surface area contributed by atoms with Gasteiger partial charge in [-0.1, -0.05) is 24.9 Å². The normalized spacial score (nSPS) is 11.3. The fourth-order valence-electron chi connectivity index (χ4n) is 2.41. The van der Waals surface area contributed by atoms with Crippen LogP contribution >= 0.6 is 11.6 Å². The highest BCUT2D eigenvalue weighted by Gasteiger charge is 2.20. The molecular formula is C20H24ClFN2O4S. The van der Waals surface area contributed by atoms with Crippen LogP contribution in [0.2, 0.25) is 5.02 Å². The van der Waals surface area contributed by atoms with Crippen molar-refractivity contribution in [2.24, 2.45) is 0 Å². The first-order valence-electron chi connectivity index (χ1n) is 9.27. The lowest BCUT2D eigenvalue weighted by Crippen LogP contribution is -2.25. The molecule has 0 radical (unpaired) electrons. The molecule has 6 nitrogen and oxygen atoms in total. The molecule has 2 aromatic rings. The summed E-state index contributed by atoms with van der Waals surface area (Å²) in [5, 5.41) is 2.70. The highest BCUT2D eigenvalue weighted by atomic mass is 35.5. The summed E-state index contributed by atoms with van der Waals surface area (Å²) in [5.74, 6) is -0.895. The number of carbonyl (C=O) groups excluding carboxylic acids is 1. The van der Waals surface area contributed by atoms with E-state index in [1.165, 1.54) is 30.3 Å². The second kappa shape index (κ2) is 11.1. The van der Waals surface area contributed by atoms with Gasteiger partial charge in [-0.2, -0.15) is 0 Å².